The molecular weight excluding hydrogens is 274 g/mol. The van der Waals surface area contributed by atoms with Gasteiger partial charge in [0.15, 0.2) is 0 Å². The van der Waals surface area contributed by atoms with Crippen LogP contribution in [-0.2, 0) is 12.0 Å². The number of aromatic carboxylic acids is 1. The average molecular weight is 291 g/mol. The second-order valence-electron chi connectivity index (χ2n) is 5.46. The first-order valence-corrected chi connectivity index (χ1v) is 7.12. The summed E-state index contributed by atoms with van der Waals surface area (Å²) in [4.78, 5) is 19.9. The summed E-state index contributed by atoms with van der Waals surface area (Å²) in [5.74, 6) is -0.389. The molecule has 0 aromatic carbocycles. The molecule has 2 heterocycles. The Morgan fingerprint density at radius 1 is 1.40 bits per heavy atom. The number of nitrogens with zero attached hydrogens (tertiary/aromatic N) is 2. The fourth-order valence-corrected chi connectivity index (χ4v) is 2.19. The molecule has 2 aromatic heterocycles. The summed E-state index contributed by atoms with van der Waals surface area (Å²) in [7, 11) is 0. The number of anilines is 1. The lowest BCUT2D eigenvalue weighted by Crippen LogP contribution is -2.16. The molecule has 0 amide bonds. The van der Waals surface area contributed by atoms with Gasteiger partial charge in [0.2, 0.25) is 0 Å². The van der Waals surface area contributed by atoms with Gasteiger partial charge in [0, 0.05) is 22.7 Å². The standard InChI is InChI=1S/C14H17N3O2S/c1-14(2,3)10-6-9(13(18)19)7-11(17-10)16-8-12-15-4-5-20-12/h4-7H,8H2,1-3H3,(H,16,17)(H,18,19). The van der Waals surface area contributed by atoms with Crippen molar-refractivity contribution in [3.8, 4) is 0 Å². The van der Waals surface area contributed by atoms with Gasteiger partial charge in [-0.3, -0.25) is 0 Å². The maximum Gasteiger partial charge on any atom is 0.335 e. The van der Waals surface area contributed by atoms with Gasteiger partial charge >= 0.3 is 5.97 Å². The van der Waals surface area contributed by atoms with Gasteiger partial charge in [-0.2, -0.15) is 0 Å². The van der Waals surface area contributed by atoms with E-state index in [1.807, 2.05) is 26.2 Å². The molecule has 0 unspecified atom stereocenters. The van der Waals surface area contributed by atoms with Crippen LogP contribution in [0.3, 0.4) is 0 Å². The Morgan fingerprint density at radius 2 is 2.15 bits per heavy atom. The summed E-state index contributed by atoms with van der Waals surface area (Å²) < 4.78 is 0. The summed E-state index contributed by atoms with van der Waals surface area (Å²) in [5, 5.41) is 15.2. The number of hydrogen-bond donors (Lipinski definition) is 2. The zero-order valence-electron chi connectivity index (χ0n) is 11.7. The van der Waals surface area contributed by atoms with Crippen LogP contribution in [0.25, 0.3) is 0 Å². The number of nitrogens with one attached hydrogen (secondary N) is 1. The van der Waals surface area contributed by atoms with E-state index in [1.165, 1.54) is 0 Å². The fourth-order valence-electron chi connectivity index (χ4n) is 1.64. The third kappa shape index (κ3) is 3.54. The highest BCUT2D eigenvalue weighted by molar-refractivity contribution is 7.09. The van der Waals surface area contributed by atoms with Gasteiger partial charge in [0.25, 0.3) is 0 Å². The van der Waals surface area contributed by atoms with E-state index in [-0.39, 0.29) is 11.0 Å². The summed E-state index contributed by atoms with van der Waals surface area (Å²) >= 11 is 1.54. The minimum Gasteiger partial charge on any atom is -0.478 e. The zero-order chi connectivity index (χ0) is 14.8. The summed E-state index contributed by atoms with van der Waals surface area (Å²) in [6.45, 7) is 6.56. The Balaban J connectivity index is 2.27. The highest BCUT2D eigenvalue weighted by atomic mass is 32.1. The van der Waals surface area contributed by atoms with Crippen molar-refractivity contribution >= 4 is 23.1 Å². The molecule has 0 spiro atoms. The van der Waals surface area contributed by atoms with Gasteiger partial charge in [-0.15, -0.1) is 11.3 Å². The fraction of sp³-hybridized carbons (Fsp3) is 0.357. The van der Waals surface area contributed by atoms with Crippen LogP contribution in [-0.4, -0.2) is 21.0 Å². The second-order valence-corrected chi connectivity index (χ2v) is 6.44. The first-order chi connectivity index (χ1) is 9.36. The van der Waals surface area contributed by atoms with Crippen LogP contribution < -0.4 is 5.32 Å². The first-order valence-electron chi connectivity index (χ1n) is 6.24. The number of hydrogen-bond acceptors (Lipinski definition) is 5. The molecule has 6 heteroatoms. The Hall–Kier alpha value is -1.95. The van der Waals surface area contributed by atoms with Crippen molar-refractivity contribution in [2.24, 2.45) is 0 Å². The molecule has 20 heavy (non-hydrogen) atoms. The summed E-state index contributed by atoms with van der Waals surface area (Å²) in [5.41, 5.74) is 0.786. The van der Waals surface area contributed by atoms with Crippen molar-refractivity contribution in [2.75, 3.05) is 5.32 Å². The third-order valence-electron chi connectivity index (χ3n) is 2.74. The molecule has 0 fully saturated rings. The number of rotatable bonds is 4. The van der Waals surface area contributed by atoms with E-state index >= 15 is 0 Å². The average Bonchev–Trinajstić information content (AvgIpc) is 2.88. The topological polar surface area (TPSA) is 75.1 Å². The molecule has 0 bridgehead atoms. The zero-order valence-corrected chi connectivity index (χ0v) is 12.5. The molecule has 0 saturated carbocycles. The van der Waals surface area contributed by atoms with Crippen molar-refractivity contribution < 1.29 is 9.90 Å². The number of carboxylic acids is 1. The van der Waals surface area contributed by atoms with E-state index in [0.717, 1.165) is 10.7 Å². The van der Waals surface area contributed by atoms with Crippen molar-refractivity contribution in [3.63, 3.8) is 0 Å². The number of carbonyl (C=O) groups is 1. The number of thiazole rings is 1. The van der Waals surface area contributed by atoms with Gasteiger partial charge in [-0.05, 0) is 12.1 Å². The van der Waals surface area contributed by atoms with Crippen LogP contribution in [0.15, 0.2) is 23.7 Å². The Bertz CT molecular complexity index is 603. The number of carboxylic acid groups (broad SMARTS) is 1. The van der Waals surface area contributed by atoms with Crippen molar-refractivity contribution in [1.29, 1.82) is 0 Å². The van der Waals surface area contributed by atoms with Crippen molar-refractivity contribution in [2.45, 2.75) is 32.7 Å². The van der Waals surface area contributed by atoms with E-state index in [4.69, 9.17) is 0 Å². The maximum absolute atomic E-state index is 11.2. The quantitative estimate of drug-likeness (QED) is 0.905. The van der Waals surface area contributed by atoms with E-state index < -0.39 is 5.97 Å². The Kier molecular flexibility index (Phi) is 4.04. The van der Waals surface area contributed by atoms with E-state index in [9.17, 15) is 9.90 Å². The second kappa shape index (κ2) is 5.58. The lowest BCUT2D eigenvalue weighted by atomic mass is 9.91. The maximum atomic E-state index is 11.2. The monoisotopic (exact) mass is 291 g/mol. The third-order valence-corrected chi connectivity index (χ3v) is 3.52. The predicted molar refractivity (Wildman–Crippen MR) is 79.3 cm³/mol. The molecule has 0 aliphatic rings. The minimum absolute atomic E-state index is 0.205. The molecule has 0 aliphatic carbocycles. The SMILES string of the molecule is CC(C)(C)c1cc(C(=O)O)cc(NCc2nccs2)n1. The summed E-state index contributed by atoms with van der Waals surface area (Å²) in [6.07, 6.45) is 1.74. The van der Waals surface area contributed by atoms with Crippen LogP contribution in [0.2, 0.25) is 0 Å². The van der Waals surface area contributed by atoms with Gasteiger partial charge in [0.05, 0.1) is 12.1 Å². The van der Waals surface area contributed by atoms with Gasteiger partial charge in [-0.1, -0.05) is 20.8 Å². The predicted octanol–water partition coefficient (Wildman–Crippen LogP) is 3.15. The molecule has 2 N–H and O–H groups in total. The first kappa shape index (κ1) is 14.5. The number of aromatic nitrogens is 2. The van der Waals surface area contributed by atoms with Gasteiger partial charge in [-0.25, -0.2) is 14.8 Å². The molecule has 106 valence electrons. The summed E-state index contributed by atoms with van der Waals surface area (Å²) in [6, 6.07) is 3.17. The van der Waals surface area contributed by atoms with Gasteiger partial charge in [0.1, 0.15) is 10.8 Å². The molecule has 0 aliphatic heterocycles. The Labute approximate surface area is 121 Å². The Morgan fingerprint density at radius 3 is 2.70 bits per heavy atom. The van der Waals surface area contributed by atoms with Crippen LogP contribution in [0.1, 0.15) is 41.8 Å². The van der Waals surface area contributed by atoms with Crippen LogP contribution >= 0.6 is 11.3 Å². The minimum atomic E-state index is -0.949. The lowest BCUT2D eigenvalue weighted by Gasteiger charge is -2.19. The largest absolute Gasteiger partial charge is 0.478 e. The van der Waals surface area contributed by atoms with Crippen LogP contribution in [0.4, 0.5) is 5.82 Å². The molecule has 2 rings (SSSR count). The molecule has 5 nitrogen and oxygen atoms in total. The number of pyridine rings is 1. The van der Waals surface area contributed by atoms with Crippen molar-refractivity contribution in [1.82, 2.24) is 9.97 Å². The molecular formula is C14H17N3O2S. The van der Waals surface area contributed by atoms with Crippen LogP contribution in [0.5, 0.6) is 0 Å². The normalized spacial score (nSPS) is 11.3. The highest BCUT2D eigenvalue weighted by Gasteiger charge is 2.19. The molecule has 0 radical (unpaired) electrons. The molecule has 0 saturated heterocycles. The van der Waals surface area contributed by atoms with Gasteiger partial charge < -0.3 is 10.4 Å². The van der Waals surface area contributed by atoms with Crippen LogP contribution in [0, 0.1) is 0 Å². The van der Waals surface area contributed by atoms with E-state index in [1.54, 1.807) is 29.7 Å². The molecule has 2 aromatic rings. The molecule has 0 atom stereocenters. The van der Waals surface area contributed by atoms with E-state index in [2.05, 4.69) is 15.3 Å². The smallest absolute Gasteiger partial charge is 0.335 e. The van der Waals surface area contributed by atoms with E-state index in [0.29, 0.717) is 12.4 Å². The lowest BCUT2D eigenvalue weighted by molar-refractivity contribution is 0.0696. The highest BCUT2D eigenvalue weighted by Crippen LogP contribution is 2.23. The van der Waals surface area contributed by atoms with Crippen molar-refractivity contribution in [3.05, 3.63) is 40.0 Å².